The highest BCUT2D eigenvalue weighted by atomic mass is 35.5. The summed E-state index contributed by atoms with van der Waals surface area (Å²) in [7, 11) is 0.328. The number of aromatic nitrogens is 2. The third-order valence-electron chi connectivity index (χ3n) is 5.23. The minimum Gasteiger partial charge on any atom is -0.493 e. The average molecular weight is 546 g/mol. The van der Waals surface area contributed by atoms with E-state index < -0.39 is 20.0 Å². The molecule has 0 aliphatic rings. The minimum absolute atomic E-state index is 0.0386. The molecular weight excluding hydrogens is 514 g/mol. The van der Waals surface area contributed by atoms with Crippen molar-refractivity contribution in [2.45, 2.75) is 32.6 Å². The summed E-state index contributed by atoms with van der Waals surface area (Å²) in [6.45, 7) is 9.43. The number of benzene rings is 2. The lowest BCUT2D eigenvalue weighted by Crippen LogP contribution is -2.22. The quantitative estimate of drug-likeness (QED) is 0.136. The van der Waals surface area contributed by atoms with Crippen LogP contribution in [0.3, 0.4) is 0 Å². The fourth-order valence-electron chi connectivity index (χ4n) is 3.22. The molecule has 37 heavy (non-hydrogen) atoms. The molecule has 0 unspecified atom stereocenters. The number of nitrogens with zero attached hydrogens (tertiary/aromatic N) is 2. The number of carbonyl (C=O) groups excluding carboxylic acids is 2. The first-order valence-corrected chi connectivity index (χ1v) is 15.9. The molecule has 1 aromatic heterocycles. The molecule has 1 heterocycles. The first kappa shape index (κ1) is 28.2. The Hall–Kier alpha value is -3.34. The first-order valence-electron chi connectivity index (χ1n) is 11.8. The van der Waals surface area contributed by atoms with Crippen LogP contribution in [0, 0.1) is 0 Å². The molecule has 0 bridgehead atoms. The molecular formula is C26H32ClN3O6Si. The number of hydrogen-bond donors (Lipinski definition) is 1. The molecule has 0 fully saturated rings. The predicted octanol–water partition coefficient (Wildman–Crippen LogP) is 5.65. The van der Waals surface area contributed by atoms with Crippen LogP contribution in [0.1, 0.15) is 27.8 Å². The second-order valence-electron chi connectivity index (χ2n) is 9.33. The number of rotatable bonds is 12. The topological polar surface area (TPSA) is 101 Å². The van der Waals surface area contributed by atoms with Crippen molar-refractivity contribution in [2.24, 2.45) is 0 Å². The molecule has 0 atom stereocenters. The average Bonchev–Trinajstić information content (AvgIpc) is 3.30. The zero-order chi connectivity index (χ0) is 27.0. The minimum atomic E-state index is -1.18. The largest absolute Gasteiger partial charge is 0.493 e. The van der Waals surface area contributed by atoms with Crippen molar-refractivity contribution < 1.29 is 28.5 Å². The maximum Gasteiger partial charge on any atom is 0.342 e. The summed E-state index contributed by atoms with van der Waals surface area (Å²) in [6, 6.07) is 12.8. The van der Waals surface area contributed by atoms with Crippen LogP contribution in [0.5, 0.6) is 11.5 Å². The third kappa shape index (κ3) is 8.07. The van der Waals surface area contributed by atoms with E-state index in [4.69, 9.17) is 30.5 Å². The second kappa shape index (κ2) is 12.8. The summed E-state index contributed by atoms with van der Waals surface area (Å²) in [5.74, 6) is -0.332. The van der Waals surface area contributed by atoms with Crippen LogP contribution in [0.4, 0.5) is 5.69 Å². The molecule has 0 saturated carbocycles. The van der Waals surface area contributed by atoms with E-state index in [-0.39, 0.29) is 24.7 Å². The molecule has 0 saturated heterocycles. The van der Waals surface area contributed by atoms with Crippen molar-refractivity contribution in [1.29, 1.82) is 0 Å². The van der Waals surface area contributed by atoms with Gasteiger partial charge in [-0.1, -0.05) is 31.2 Å². The van der Waals surface area contributed by atoms with Gasteiger partial charge in [0.15, 0.2) is 24.0 Å². The molecule has 1 N–H and O–H groups in total. The zero-order valence-corrected chi connectivity index (χ0v) is 23.4. The first-order chi connectivity index (χ1) is 17.6. The number of halogens is 1. The molecule has 9 nitrogen and oxygen atoms in total. The van der Waals surface area contributed by atoms with Crippen molar-refractivity contribution in [2.75, 3.05) is 32.4 Å². The Morgan fingerprint density at radius 1 is 1.08 bits per heavy atom. The van der Waals surface area contributed by atoms with Crippen LogP contribution in [-0.2, 0) is 9.47 Å². The highest BCUT2D eigenvalue weighted by Crippen LogP contribution is 2.30. The Bertz CT molecular complexity index is 1220. The monoisotopic (exact) mass is 545 g/mol. The van der Waals surface area contributed by atoms with Crippen molar-refractivity contribution in [1.82, 2.24) is 9.78 Å². The van der Waals surface area contributed by atoms with Crippen molar-refractivity contribution >= 4 is 37.2 Å². The summed E-state index contributed by atoms with van der Waals surface area (Å²) in [5.41, 5.74) is 1.02. The zero-order valence-electron chi connectivity index (χ0n) is 21.7. The maximum absolute atomic E-state index is 13.1. The Morgan fingerprint density at radius 2 is 1.81 bits per heavy atom. The van der Waals surface area contributed by atoms with E-state index in [9.17, 15) is 9.59 Å². The summed E-state index contributed by atoms with van der Waals surface area (Å²) in [6.07, 6.45) is 1.45. The van der Waals surface area contributed by atoms with Gasteiger partial charge in [0.2, 0.25) is 0 Å². The Labute approximate surface area is 222 Å². The lowest BCUT2D eigenvalue weighted by Gasteiger charge is -2.16. The lowest BCUT2D eigenvalue weighted by molar-refractivity contribution is 0.0205. The van der Waals surface area contributed by atoms with Gasteiger partial charge in [-0.15, -0.1) is 0 Å². The molecule has 0 spiro atoms. The van der Waals surface area contributed by atoms with E-state index in [0.29, 0.717) is 34.5 Å². The van der Waals surface area contributed by atoms with Gasteiger partial charge in [-0.25, -0.2) is 9.48 Å². The Balaban J connectivity index is 1.75. The Morgan fingerprint density at radius 3 is 2.46 bits per heavy atom. The van der Waals surface area contributed by atoms with E-state index >= 15 is 0 Å². The van der Waals surface area contributed by atoms with Gasteiger partial charge in [0, 0.05) is 37.7 Å². The predicted molar refractivity (Wildman–Crippen MR) is 145 cm³/mol. The van der Waals surface area contributed by atoms with Gasteiger partial charge in [0.1, 0.15) is 5.56 Å². The fourth-order valence-corrected chi connectivity index (χ4v) is 4.11. The summed E-state index contributed by atoms with van der Waals surface area (Å²) >= 11 is 5.97. The number of carbonyl (C=O) groups is 2. The number of esters is 1. The van der Waals surface area contributed by atoms with Crippen molar-refractivity contribution in [3.8, 4) is 17.2 Å². The third-order valence-corrected chi connectivity index (χ3v) is 7.19. The van der Waals surface area contributed by atoms with Crippen molar-refractivity contribution in [3.05, 3.63) is 64.9 Å². The number of anilines is 1. The van der Waals surface area contributed by atoms with E-state index in [2.05, 4.69) is 30.1 Å². The molecule has 1 amide bonds. The van der Waals surface area contributed by atoms with Crippen LogP contribution in [-0.4, -0.2) is 56.8 Å². The summed E-state index contributed by atoms with van der Waals surface area (Å²) < 4.78 is 23.3. The fraction of sp³-hybridized carbons (Fsp3) is 0.346. The normalized spacial score (nSPS) is 11.2. The molecule has 2 aromatic carbocycles. The van der Waals surface area contributed by atoms with Crippen LogP contribution in [0.2, 0.25) is 30.7 Å². The van der Waals surface area contributed by atoms with Gasteiger partial charge in [-0.05, 0) is 49.4 Å². The van der Waals surface area contributed by atoms with Crippen LogP contribution >= 0.6 is 11.6 Å². The van der Waals surface area contributed by atoms with Crippen LogP contribution < -0.4 is 14.8 Å². The number of hydrogen-bond acceptors (Lipinski definition) is 7. The molecule has 0 aliphatic heterocycles. The highest BCUT2D eigenvalue weighted by Gasteiger charge is 2.24. The SMILES string of the molecule is CCOC(=O)c1cn(-c2ccc(Cl)cc2)nc1C(=O)Nc1ccc(OCOCC[Si](C)(C)C)c(OC)c1. The van der Waals surface area contributed by atoms with Crippen molar-refractivity contribution in [3.63, 3.8) is 0 Å². The van der Waals surface area contributed by atoms with Gasteiger partial charge in [-0.3, -0.25) is 4.79 Å². The Kier molecular flexibility index (Phi) is 9.73. The van der Waals surface area contributed by atoms with E-state index in [1.54, 1.807) is 49.4 Å². The molecule has 3 rings (SSSR count). The lowest BCUT2D eigenvalue weighted by atomic mass is 10.2. The van der Waals surface area contributed by atoms with Gasteiger partial charge in [0.25, 0.3) is 5.91 Å². The van der Waals surface area contributed by atoms with E-state index in [1.165, 1.54) is 18.0 Å². The molecule has 3 aromatic rings. The number of methoxy groups -OCH3 is 1. The highest BCUT2D eigenvalue weighted by molar-refractivity contribution is 6.76. The number of ether oxygens (including phenoxy) is 4. The van der Waals surface area contributed by atoms with E-state index in [0.717, 1.165) is 6.04 Å². The van der Waals surface area contributed by atoms with Gasteiger partial charge < -0.3 is 24.3 Å². The van der Waals surface area contributed by atoms with Gasteiger partial charge >= 0.3 is 5.97 Å². The molecule has 0 aliphatic carbocycles. The molecule has 0 radical (unpaired) electrons. The molecule has 11 heteroatoms. The smallest absolute Gasteiger partial charge is 0.342 e. The standard InChI is InChI=1S/C26H32ClN3O6Si/c1-6-35-26(32)21-16-30(20-10-7-18(27)8-11-20)29-24(21)25(31)28-19-9-12-22(23(15-19)33-2)36-17-34-13-14-37(3,4)5/h7-12,15-16H,6,13-14,17H2,1-5H3,(H,28,31). The number of amides is 1. The van der Waals surface area contributed by atoms with Gasteiger partial charge in [0.05, 0.1) is 19.4 Å². The van der Waals surface area contributed by atoms with E-state index in [1.807, 2.05) is 0 Å². The van der Waals surface area contributed by atoms with Crippen LogP contribution in [0.25, 0.3) is 5.69 Å². The summed E-state index contributed by atoms with van der Waals surface area (Å²) in [4.78, 5) is 25.7. The maximum atomic E-state index is 13.1. The van der Waals surface area contributed by atoms with Crippen LogP contribution in [0.15, 0.2) is 48.7 Å². The second-order valence-corrected chi connectivity index (χ2v) is 15.4. The summed E-state index contributed by atoms with van der Waals surface area (Å²) in [5, 5.41) is 7.65. The molecule has 198 valence electrons. The number of nitrogens with one attached hydrogen (secondary N) is 1. The van der Waals surface area contributed by atoms with Gasteiger partial charge in [-0.2, -0.15) is 5.10 Å².